The number of hydrogen-bond donors (Lipinski definition) is 3. The first-order valence-corrected chi connectivity index (χ1v) is 5.98. The Kier molecular flexibility index (Phi) is 2.33. The van der Waals surface area contributed by atoms with Gasteiger partial charge in [0.25, 0.3) is 0 Å². The van der Waals surface area contributed by atoms with Crippen molar-refractivity contribution < 1.29 is 0 Å². The van der Waals surface area contributed by atoms with Crippen molar-refractivity contribution in [1.29, 1.82) is 0 Å². The number of nitrogens with one attached hydrogen (secondary N) is 2. The van der Waals surface area contributed by atoms with Gasteiger partial charge in [0.15, 0.2) is 5.82 Å². The van der Waals surface area contributed by atoms with Crippen LogP contribution in [0, 0.1) is 6.92 Å². The molecule has 0 saturated heterocycles. The first kappa shape index (κ1) is 10.8. The Labute approximate surface area is 104 Å². The van der Waals surface area contributed by atoms with Crippen LogP contribution in [0.2, 0.25) is 0 Å². The molecule has 0 unspecified atom stereocenters. The monoisotopic (exact) mass is 241 g/mol. The minimum Gasteiger partial charge on any atom is -0.382 e. The number of hydrogen-bond acceptors (Lipinski definition) is 3. The normalized spacial score (nSPS) is 11.2. The number of H-pyrrole nitrogens is 2. The maximum atomic E-state index is 5.76. The van der Waals surface area contributed by atoms with Crippen molar-refractivity contribution >= 4 is 16.7 Å². The summed E-state index contributed by atoms with van der Waals surface area (Å²) in [6.07, 6.45) is 0.903. The van der Waals surface area contributed by atoms with E-state index < -0.39 is 0 Å². The van der Waals surface area contributed by atoms with E-state index in [-0.39, 0.29) is 0 Å². The lowest BCUT2D eigenvalue weighted by molar-refractivity contribution is 0.982. The quantitative estimate of drug-likeness (QED) is 0.644. The number of nitrogens with zero attached hydrogens (tertiary/aromatic N) is 2. The molecule has 5 nitrogen and oxygen atoms in total. The summed E-state index contributed by atoms with van der Waals surface area (Å²) in [5.41, 5.74) is 9.83. The molecular formula is C13H15N5. The molecule has 4 N–H and O–H groups in total. The van der Waals surface area contributed by atoms with Crippen molar-refractivity contribution in [3.05, 3.63) is 29.7 Å². The number of nitrogens with two attached hydrogens (primary N) is 1. The molecule has 2 aromatic heterocycles. The lowest BCUT2D eigenvalue weighted by atomic mass is 10.1. The smallest absolute Gasteiger partial charge is 0.153 e. The van der Waals surface area contributed by atoms with Gasteiger partial charge in [0.05, 0.1) is 11.2 Å². The van der Waals surface area contributed by atoms with Gasteiger partial charge in [-0.3, -0.25) is 5.10 Å². The van der Waals surface area contributed by atoms with E-state index in [1.165, 1.54) is 0 Å². The minimum absolute atomic E-state index is 0.532. The number of aryl methyl sites for hydroxylation is 2. The topological polar surface area (TPSA) is 83.4 Å². The number of benzene rings is 1. The molecule has 3 rings (SSSR count). The molecule has 0 aliphatic heterocycles. The van der Waals surface area contributed by atoms with Gasteiger partial charge in [0, 0.05) is 23.1 Å². The van der Waals surface area contributed by atoms with Crippen LogP contribution in [-0.4, -0.2) is 20.2 Å². The molecule has 3 aromatic rings. The Morgan fingerprint density at radius 3 is 2.89 bits per heavy atom. The zero-order valence-corrected chi connectivity index (χ0v) is 10.4. The maximum Gasteiger partial charge on any atom is 0.153 e. The third kappa shape index (κ3) is 1.55. The van der Waals surface area contributed by atoms with Crippen LogP contribution < -0.4 is 5.73 Å². The highest BCUT2D eigenvalue weighted by Crippen LogP contribution is 2.26. The first-order valence-electron chi connectivity index (χ1n) is 5.98. The molecule has 1 aromatic carbocycles. The molecule has 5 heteroatoms. The SMILES string of the molecule is CCc1nc(-c2ccc3c(N)n[nH]c3c2)c(C)[nH]1. The molecule has 0 fully saturated rings. The molecule has 0 amide bonds. The van der Waals surface area contributed by atoms with Gasteiger partial charge in [-0.25, -0.2) is 4.98 Å². The van der Waals surface area contributed by atoms with Crippen LogP contribution in [0.5, 0.6) is 0 Å². The number of aromatic nitrogens is 4. The van der Waals surface area contributed by atoms with E-state index in [0.717, 1.165) is 40.1 Å². The Morgan fingerprint density at radius 2 is 2.17 bits per heavy atom. The van der Waals surface area contributed by atoms with E-state index in [9.17, 15) is 0 Å². The van der Waals surface area contributed by atoms with Crippen molar-refractivity contribution in [3.63, 3.8) is 0 Å². The fourth-order valence-corrected chi connectivity index (χ4v) is 2.16. The molecular weight excluding hydrogens is 226 g/mol. The summed E-state index contributed by atoms with van der Waals surface area (Å²) in [5.74, 6) is 1.54. The van der Waals surface area contributed by atoms with Crippen molar-refractivity contribution in [3.8, 4) is 11.3 Å². The summed E-state index contributed by atoms with van der Waals surface area (Å²) in [6, 6.07) is 6.03. The van der Waals surface area contributed by atoms with Gasteiger partial charge >= 0.3 is 0 Å². The molecule has 0 spiro atoms. The fourth-order valence-electron chi connectivity index (χ4n) is 2.16. The number of fused-ring (bicyclic) bond motifs is 1. The van der Waals surface area contributed by atoms with Gasteiger partial charge < -0.3 is 10.7 Å². The molecule has 2 heterocycles. The van der Waals surface area contributed by atoms with Crippen molar-refractivity contribution in [2.24, 2.45) is 0 Å². The highest BCUT2D eigenvalue weighted by molar-refractivity contribution is 5.91. The lowest BCUT2D eigenvalue weighted by Gasteiger charge is -1.99. The van der Waals surface area contributed by atoms with Gasteiger partial charge in [-0.15, -0.1) is 0 Å². The predicted octanol–water partition coefficient (Wildman–Crippen LogP) is 2.41. The summed E-state index contributed by atoms with van der Waals surface area (Å²) in [6.45, 7) is 4.12. The Morgan fingerprint density at radius 1 is 1.33 bits per heavy atom. The van der Waals surface area contributed by atoms with Crippen LogP contribution in [0.15, 0.2) is 18.2 Å². The van der Waals surface area contributed by atoms with Gasteiger partial charge in [0.1, 0.15) is 5.82 Å². The number of rotatable bonds is 2. The molecule has 18 heavy (non-hydrogen) atoms. The van der Waals surface area contributed by atoms with Gasteiger partial charge in [-0.1, -0.05) is 13.0 Å². The Hall–Kier alpha value is -2.30. The summed E-state index contributed by atoms with van der Waals surface area (Å²) in [4.78, 5) is 7.88. The van der Waals surface area contributed by atoms with Crippen molar-refractivity contribution in [2.75, 3.05) is 5.73 Å². The van der Waals surface area contributed by atoms with Crippen LogP contribution in [0.25, 0.3) is 22.2 Å². The molecule has 0 bridgehead atoms. The number of imidazole rings is 1. The second-order valence-corrected chi connectivity index (χ2v) is 4.38. The zero-order valence-electron chi connectivity index (χ0n) is 10.4. The predicted molar refractivity (Wildman–Crippen MR) is 72.2 cm³/mol. The van der Waals surface area contributed by atoms with E-state index in [2.05, 4.69) is 27.1 Å². The summed E-state index contributed by atoms with van der Waals surface area (Å²) < 4.78 is 0. The maximum absolute atomic E-state index is 5.76. The van der Waals surface area contributed by atoms with Crippen LogP contribution in [-0.2, 0) is 6.42 Å². The molecule has 0 atom stereocenters. The average molecular weight is 241 g/mol. The van der Waals surface area contributed by atoms with Crippen LogP contribution >= 0.6 is 0 Å². The van der Waals surface area contributed by atoms with Crippen LogP contribution in [0.4, 0.5) is 5.82 Å². The fraction of sp³-hybridized carbons (Fsp3) is 0.231. The number of nitrogen functional groups attached to an aromatic ring is 1. The number of anilines is 1. The third-order valence-corrected chi connectivity index (χ3v) is 3.13. The zero-order chi connectivity index (χ0) is 12.7. The van der Waals surface area contributed by atoms with E-state index in [1.54, 1.807) is 0 Å². The highest BCUT2D eigenvalue weighted by Gasteiger charge is 2.10. The van der Waals surface area contributed by atoms with Gasteiger partial charge in [-0.05, 0) is 19.1 Å². The summed E-state index contributed by atoms with van der Waals surface area (Å²) in [5, 5.41) is 7.87. The minimum atomic E-state index is 0.532. The largest absolute Gasteiger partial charge is 0.382 e. The average Bonchev–Trinajstić information content (AvgIpc) is 2.93. The Bertz CT molecular complexity index is 707. The van der Waals surface area contributed by atoms with E-state index >= 15 is 0 Å². The summed E-state index contributed by atoms with van der Waals surface area (Å²) >= 11 is 0. The van der Waals surface area contributed by atoms with Crippen molar-refractivity contribution in [1.82, 2.24) is 20.2 Å². The second-order valence-electron chi connectivity index (χ2n) is 4.38. The van der Waals surface area contributed by atoms with Crippen molar-refractivity contribution in [2.45, 2.75) is 20.3 Å². The number of aromatic amines is 2. The standard InChI is InChI=1S/C13H15N5/c1-3-11-15-7(2)12(16-11)8-4-5-9-10(6-8)17-18-13(9)14/h4-6H,3H2,1-2H3,(H,15,16)(H3,14,17,18). The van der Waals surface area contributed by atoms with E-state index in [4.69, 9.17) is 5.73 Å². The Balaban J connectivity index is 2.15. The molecule has 0 saturated carbocycles. The highest BCUT2D eigenvalue weighted by atomic mass is 15.1. The second kappa shape index (κ2) is 3.87. The molecule has 0 radical (unpaired) electrons. The van der Waals surface area contributed by atoms with E-state index in [1.807, 2.05) is 25.1 Å². The third-order valence-electron chi connectivity index (χ3n) is 3.13. The van der Waals surface area contributed by atoms with Crippen LogP contribution in [0.1, 0.15) is 18.4 Å². The molecule has 0 aliphatic rings. The first-order chi connectivity index (χ1) is 8.69. The lowest BCUT2D eigenvalue weighted by Crippen LogP contribution is -1.84. The van der Waals surface area contributed by atoms with E-state index in [0.29, 0.717) is 5.82 Å². The molecule has 0 aliphatic carbocycles. The van der Waals surface area contributed by atoms with Gasteiger partial charge in [0.2, 0.25) is 0 Å². The summed E-state index contributed by atoms with van der Waals surface area (Å²) in [7, 11) is 0. The van der Waals surface area contributed by atoms with Crippen LogP contribution in [0.3, 0.4) is 0 Å². The molecule has 92 valence electrons. The van der Waals surface area contributed by atoms with Gasteiger partial charge in [-0.2, -0.15) is 5.10 Å².